The second-order valence-corrected chi connectivity index (χ2v) is 10.3. The van der Waals surface area contributed by atoms with E-state index in [1.165, 1.54) is 0 Å². The molecule has 6 nitrogen and oxygen atoms in total. The molecule has 0 unspecified atom stereocenters. The number of anilines is 1. The van der Waals surface area contributed by atoms with E-state index in [0.717, 1.165) is 18.7 Å². The molecule has 3 rings (SSSR count). The van der Waals surface area contributed by atoms with Crippen LogP contribution in [-0.4, -0.2) is 62.0 Å². The van der Waals surface area contributed by atoms with Gasteiger partial charge in [0.15, 0.2) is 0 Å². The predicted octanol–water partition coefficient (Wildman–Crippen LogP) is 2.40. The first-order valence-electron chi connectivity index (χ1n) is 9.79. The van der Waals surface area contributed by atoms with Crippen LogP contribution >= 0.6 is 0 Å². The second-order valence-electron chi connectivity index (χ2n) is 8.33. The molecule has 0 aliphatic carbocycles. The Labute approximate surface area is 163 Å². The van der Waals surface area contributed by atoms with E-state index in [2.05, 4.69) is 10.2 Å². The van der Waals surface area contributed by atoms with Crippen molar-refractivity contribution in [1.82, 2.24) is 9.21 Å². The smallest absolute Gasteiger partial charge is 0.232 e. The molecular weight excluding hydrogens is 362 g/mol. The Hall–Kier alpha value is -1.44. The summed E-state index contributed by atoms with van der Waals surface area (Å²) in [6.45, 7) is 5.62. The summed E-state index contributed by atoms with van der Waals surface area (Å²) in [4.78, 5) is 15.5. The minimum Gasteiger partial charge on any atom is -0.326 e. The van der Waals surface area contributed by atoms with Crippen molar-refractivity contribution >= 4 is 21.6 Å². The second kappa shape index (κ2) is 7.89. The Morgan fingerprint density at radius 1 is 1.19 bits per heavy atom. The van der Waals surface area contributed by atoms with E-state index in [-0.39, 0.29) is 23.6 Å². The molecule has 2 fully saturated rings. The van der Waals surface area contributed by atoms with Crippen molar-refractivity contribution < 1.29 is 13.2 Å². The van der Waals surface area contributed by atoms with Crippen LogP contribution in [0.25, 0.3) is 0 Å². The van der Waals surface area contributed by atoms with Crippen molar-refractivity contribution in [3.8, 4) is 0 Å². The van der Waals surface area contributed by atoms with Gasteiger partial charge < -0.3 is 10.2 Å². The molecule has 2 aliphatic rings. The van der Waals surface area contributed by atoms with Gasteiger partial charge in [-0.05, 0) is 50.9 Å². The number of rotatable bonds is 5. The Kier molecular flexibility index (Phi) is 5.93. The van der Waals surface area contributed by atoms with Gasteiger partial charge in [-0.3, -0.25) is 4.79 Å². The summed E-state index contributed by atoms with van der Waals surface area (Å²) in [6.07, 6.45) is 2.03. The molecule has 7 heteroatoms. The van der Waals surface area contributed by atoms with Crippen LogP contribution in [0.2, 0.25) is 0 Å². The van der Waals surface area contributed by atoms with Gasteiger partial charge in [0.2, 0.25) is 15.9 Å². The van der Waals surface area contributed by atoms with Gasteiger partial charge in [-0.1, -0.05) is 32.0 Å². The molecule has 1 amide bonds. The summed E-state index contributed by atoms with van der Waals surface area (Å²) < 4.78 is 27.1. The topological polar surface area (TPSA) is 69.7 Å². The number of hydrogen-bond acceptors (Lipinski definition) is 4. The zero-order valence-corrected chi connectivity index (χ0v) is 17.3. The molecule has 2 heterocycles. The van der Waals surface area contributed by atoms with Crippen molar-refractivity contribution in [2.24, 2.45) is 11.3 Å². The highest BCUT2D eigenvalue weighted by Gasteiger charge is 2.53. The van der Waals surface area contributed by atoms with Crippen molar-refractivity contribution in [1.29, 1.82) is 0 Å². The molecule has 0 saturated carbocycles. The standard InChI is InChI=1S/C20H31N3O3S/c1-16(2)15-27(25,26)23-12-9-18-20(11-14-23,10-13-22(18)3)19(24)21-17-7-5-4-6-8-17/h4-8,16,18H,9-15H2,1-3H3,(H,21,24)/t18-,20-/m0/s1. The van der Waals surface area contributed by atoms with Crippen molar-refractivity contribution in [2.75, 3.05) is 37.8 Å². The number of sulfonamides is 1. The maximum atomic E-state index is 13.3. The van der Waals surface area contributed by atoms with Crippen molar-refractivity contribution in [3.63, 3.8) is 0 Å². The van der Waals surface area contributed by atoms with Gasteiger partial charge >= 0.3 is 0 Å². The number of carbonyl (C=O) groups excluding carboxylic acids is 1. The van der Waals surface area contributed by atoms with E-state index in [0.29, 0.717) is 25.9 Å². The molecule has 0 radical (unpaired) electrons. The number of carbonyl (C=O) groups is 1. The van der Waals surface area contributed by atoms with Gasteiger partial charge in [-0.2, -0.15) is 0 Å². The van der Waals surface area contributed by atoms with Crippen LogP contribution in [0.15, 0.2) is 30.3 Å². The Balaban J connectivity index is 1.82. The number of benzene rings is 1. The average molecular weight is 394 g/mol. The highest BCUT2D eigenvalue weighted by Crippen LogP contribution is 2.44. The Morgan fingerprint density at radius 2 is 1.85 bits per heavy atom. The molecule has 1 N–H and O–H groups in total. The summed E-state index contributed by atoms with van der Waals surface area (Å²) in [5.41, 5.74) is 0.255. The lowest BCUT2D eigenvalue weighted by Crippen LogP contribution is -2.46. The summed E-state index contributed by atoms with van der Waals surface area (Å²) in [7, 11) is -1.24. The highest BCUT2D eigenvalue weighted by atomic mass is 32.2. The largest absolute Gasteiger partial charge is 0.326 e. The molecular formula is C20H31N3O3S. The fraction of sp³-hybridized carbons (Fsp3) is 0.650. The van der Waals surface area contributed by atoms with E-state index in [1.54, 1.807) is 4.31 Å². The average Bonchev–Trinajstić information content (AvgIpc) is 2.79. The van der Waals surface area contributed by atoms with Gasteiger partial charge in [-0.25, -0.2) is 12.7 Å². The predicted molar refractivity (Wildman–Crippen MR) is 108 cm³/mol. The normalized spacial score (nSPS) is 27.3. The maximum Gasteiger partial charge on any atom is 0.232 e. The summed E-state index contributed by atoms with van der Waals surface area (Å²) in [6, 6.07) is 9.57. The molecule has 1 aromatic carbocycles. The Morgan fingerprint density at radius 3 is 2.52 bits per heavy atom. The lowest BCUT2D eigenvalue weighted by Gasteiger charge is -2.34. The number of para-hydroxylation sites is 1. The monoisotopic (exact) mass is 393 g/mol. The number of nitrogens with one attached hydrogen (secondary N) is 1. The van der Waals surface area contributed by atoms with Gasteiger partial charge in [0.05, 0.1) is 11.2 Å². The maximum absolute atomic E-state index is 13.3. The molecule has 2 aliphatic heterocycles. The first-order chi connectivity index (χ1) is 12.7. The van der Waals surface area contributed by atoms with Gasteiger partial charge in [-0.15, -0.1) is 0 Å². The van der Waals surface area contributed by atoms with Crippen LogP contribution in [-0.2, 0) is 14.8 Å². The number of nitrogens with zero attached hydrogens (tertiary/aromatic N) is 2. The zero-order valence-electron chi connectivity index (χ0n) is 16.5. The first-order valence-corrected chi connectivity index (χ1v) is 11.4. The molecule has 150 valence electrons. The zero-order chi connectivity index (χ0) is 19.7. The molecule has 2 atom stereocenters. The first kappa shape index (κ1) is 20.3. The lowest BCUT2D eigenvalue weighted by molar-refractivity contribution is -0.127. The quantitative estimate of drug-likeness (QED) is 0.834. The van der Waals surface area contributed by atoms with E-state index in [4.69, 9.17) is 0 Å². The minimum absolute atomic E-state index is 0.0196. The third-order valence-corrected chi connectivity index (χ3v) is 8.20. The SMILES string of the molecule is CC(C)CS(=O)(=O)N1CC[C@@H]2N(C)CC[C@]2(C(=O)Nc2ccccc2)CC1. The van der Waals surface area contributed by atoms with Crippen LogP contribution in [0.5, 0.6) is 0 Å². The fourth-order valence-corrected chi connectivity index (χ4v) is 6.38. The number of likely N-dealkylation sites (tertiary alicyclic amines) is 1. The lowest BCUT2D eigenvalue weighted by atomic mass is 9.75. The van der Waals surface area contributed by atoms with Crippen molar-refractivity contribution in [2.45, 2.75) is 39.2 Å². The summed E-state index contributed by atoms with van der Waals surface area (Å²) in [5, 5.41) is 3.07. The van der Waals surface area contributed by atoms with Crippen LogP contribution < -0.4 is 5.32 Å². The van der Waals surface area contributed by atoms with Crippen molar-refractivity contribution in [3.05, 3.63) is 30.3 Å². The van der Waals surface area contributed by atoms with Crippen LogP contribution in [0.3, 0.4) is 0 Å². The Bertz CT molecular complexity index is 766. The summed E-state index contributed by atoms with van der Waals surface area (Å²) in [5.74, 6) is 0.276. The molecule has 2 saturated heterocycles. The molecule has 27 heavy (non-hydrogen) atoms. The fourth-order valence-electron chi connectivity index (χ4n) is 4.57. The van der Waals surface area contributed by atoms with Crippen LogP contribution in [0.1, 0.15) is 33.1 Å². The van der Waals surface area contributed by atoms with Gasteiger partial charge in [0.1, 0.15) is 0 Å². The van der Waals surface area contributed by atoms with E-state index in [1.807, 2.05) is 51.2 Å². The minimum atomic E-state index is -3.28. The molecule has 0 bridgehead atoms. The highest BCUT2D eigenvalue weighted by molar-refractivity contribution is 7.89. The van der Waals surface area contributed by atoms with E-state index >= 15 is 0 Å². The number of hydrogen-bond donors (Lipinski definition) is 1. The van der Waals surface area contributed by atoms with Gasteiger partial charge in [0.25, 0.3) is 0 Å². The molecule has 1 aromatic rings. The van der Waals surface area contributed by atoms with Crippen LogP contribution in [0, 0.1) is 11.3 Å². The van der Waals surface area contributed by atoms with Gasteiger partial charge in [0, 0.05) is 24.8 Å². The number of amides is 1. The third kappa shape index (κ3) is 4.20. The summed E-state index contributed by atoms with van der Waals surface area (Å²) >= 11 is 0. The van der Waals surface area contributed by atoms with Crippen LogP contribution in [0.4, 0.5) is 5.69 Å². The van der Waals surface area contributed by atoms with E-state index in [9.17, 15) is 13.2 Å². The molecule has 0 aromatic heterocycles. The molecule has 0 spiro atoms. The third-order valence-electron chi connectivity index (χ3n) is 5.96. The van der Waals surface area contributed by atoms with E-state index < -0.39 is 15.4 Å². The number of fused-ring (bicyclic) bond motifs is 1.